The molecule has 0 aromatic rings. The minimum Gasteiger partial charge on any atom is -0.462 e. The first-order valence-corrected chi connectivity index (χ1v) is 44.7. The van der Waals surface area contributed by atoms with Crippen LogP contribution in [0.4, 0.5) is 0 Å². The van der Waals surface area contributed by atoms with Crippen molar-refractivity contribution in [3.63, 3.8) is 0 Å². The monoisotopic (exact) mass is 1470 g/mol. The van der Waals surface area contributed by atoms with E-state index in [4.69, 9.17) is 37.0 Å². The third-order valence-electron chi connectivity index (χ3n) is 19.2. The summed E-state index contributed by atoms with van der Waals surface area (Å²) in [4.78, 5) is 73.0. The Morgan fingerprint density at radius 2 is 0.480 bits per heavy atom. The number of hydrogen-bond donors (Lipinski definition) is 3. The van der Waals surface area contributed by atoms with Crippen molar-refractivity contribution < 1.29 is 80.2 Å². The van der Waals surface area contributed by atoms with Gasteiger partial charge in [-0.05, 0) is 49.4 Å². The molecule has 0 aliphatic heterocycles. The average Bonchev–Trinajstić information content (AvgIpc) is 2.53. The Labute approximate surface area is 613 Å². The van der Waals surface area contributed by atoms with E-state index in [-0.39, 0.29) is 25.7 Å². The van der Waals surface area contributed by atoms with Gasteiger partial charge < -0.3 is 33.8 Å². The van der Waals surface area contributed by atoms with Gasteiger partial charge in [-0.25, -0.2) is 9.13 Å². The summed E-state index contributed by atoms with van der Waals surface area (Å²) in [6.07, 6.45) is 56.9. The molecule has 0 aliphatic carbocycles. The van der Waals surface area contributed by atoms with Crippen molar-refractivity contribution in [2.24, 2.45) is 23.7 Å². The first-order chi connectivity index (χ1) is 48.1. The van der Waals surface area contributed by atoms with E-state index in [2.05, 4.69) is 55.4 Å². The van der Waals surface area contributed by atoms with E-state index in [1.54, 1.807) is 0 Å². The molecule has 0 saturated heterocycles. The number of phosphoric acid groups is 2. The third kappa shape index (κ3) is 73.0. The van der Waals surface area contributed by atoms with Gasteiger partial charge in [0, 0.05) is 25.7 Å². The summed E-state index contributed by atoms with van der Waals surface area (Å²) in [5.41, 5.74) is 0. The van der Waals surface area contributed by atoms with Gasteiger partial charge in [0.15, 0.2) is 12.2 Å². The van der Waals surface area contributed by atoms with Crippen LogP contribution in [0.25, 0.3) is 0 Å². The van der Waals surface area contributed by atoms with Crippen molar-refractivity contribution in [1.29, 1.82) is 0 Å². The molecule has 0 amide bonds. The molecule has 0 aliphatic rings. The van der Waals surface area contributed by atoms with Crippen LogP contribution in [0, 0.1) is 23.7 Å². The Bertz CT molecular complexity index is 1960. The number of carbonyl (C=O) groups excluding carboxylic acids is 4. The molecule has 0 aromatic heterocycles. The van der Waals surface area contributed by atoms with Crippen molar-refractivity contribution in [3.05, 3.63) is 0 Å². The summed E-state index contributed by atoms with van der Waals surface area (Å²) < 4.78 is 68.7. The number of rotatable bonds is 78. The third-order valence-corrected chi connectivity index (χ3v) is 21.1. The molecule has 0 saturated carbocycles. The van der Waals surface area contributed by atoms with Gasteiger partial charge >= 0.3 is 39.5 Å². The van der Waals surface area contributed by atoms with Gasteiger partial charge in [-0.3, -0.25) is 37.3 Å². The Morgan fingerprint density at radius 3 is 0.710 bits per heavy atom. The quantitative estimate of drug-likeness (QED) is 0.0222. The predicted octanol–water partition coefficient (Wildman–Crippen LogP) is 24.0. The highest BCUT2D eigenvalue weighted by Gasteiger charge is 2.30. The minimum atomic E-state index is -4.96. The highest BCUT2D eigenvalue weighted by molar-refractivity contribution is 7.47. The topological polar surface area (TPSA) is 237 Å². The lowest BCUT2D eigenvalue weighted by Crippen LogP contribution is -2.30. The van der Waals surface area contributed by atoms with Crippen molar-refractivity contribution in [1.82, 2.24) is 0 Å². The molecule has 0 radical (unpaired) electrons. The van der Waals surface area contributed by atoms with Gasteiger partial charge in [-0.15, -0.1) is 0 Å². The fraction of sp³-hybridized carbons (Fsp3) is 0.951. The largest absolute Gasteiger partial charge is 0.472 e. The van der Waals surface area contributed by atoms with E-state index in [0.29, 0.717) is 25.7 Å². The summed E-state index contributed by atoms with van der Waals surface area (Å²) in [5, 5.41) is 10.6. The number of esters is 4. The zero-order valence-electron chi connectivity index (χ0n) is 65.8. The van der Waals surface area contributed by atoms with Crippen LogP contribution in [0.15, 0.2) is 0 Å². The van der Waals surface area contributed by atoms with E-state index >= 15 is 0 Å². The van der Waals surface area contributed by atoms with Crippen molar-refractivity contribution in [2.75, 3.05) is 39.6 Å². The highest BCUT2D eigenvalue weighted by Crippen LogP contribution is 2.45. The number of ether oxygens (including phenoxy) is 4. The van der Waals surface area contributed by atoms with Gasteiger partial charge in [0.1, 0.15) is 19.3 Å². The molecule has 0 heterocycles. The number of aliphatic hydroxyl groups is 1. The van der Waals surface area contributed by atoms with Crippen molar-refractivity contribution in [2.45, 2.75) is 433 Å². The number of phosphoric ester groups is 2. The van der Waals surface area contributed by atoms with E-state index < -0.39 is 97.5 Å². The fourth-order valence-electron chi connectivity index (χ4n) is 12.4. The molecule has 0 fully saturated rings. The second-order valence-corrected chi connectivity index (χ2v) is 33.7. The van der Waals surface area contributed by atoms with Gasteiger partial charge in [-0.1, -0.05) is 364 Å². The minimum absolute atomic E-state index is 0.106. The lowest BCUT2D eigenvalue weighted by Gasteiger charge is -2.21. The summed E-state index contributed by atoms with van der Waals surface area (Å²) in [6.45, 7) is 14.3. The Hall–Kier alpha value is -1.94. The van der Waals surface area contributed by atoms with Crippen molar-refractivity contribution in [3.8, 4) is 0 Å². The van der Waals surface area contributed by atoms with Crippen molar-refractivity contribution >= 4 is 39.5 Å². The molecule has 6 atom stereocenters. The van der Waals surface area contributed by atoms with Gasteiger partial charge in [0.05, 0.1) is 26.4 Å². The van der Waals surface area contributed by atoms with Crippen LogP contribution in [0.1, 0.15) is 415 Å². The molecular weight excluding hydrogens is 1310 g/mol. The van der Waals surface area contributed by atoms with E-state index in [9.17, 15) is 43.2 Å². The first-order valence-electron chi connectivity index (χ1n) is 41.7. The molecule has 0 bridgehead atoms. The summed E-state index contributed by atoms with van der Waals surface area (Å²) >= 11 is 0. The normalized spacial score (nSPS) is 14.3. The number of unbranched alkanes of at least 4 members (excludes halogenated alkanes) is 43. The zero-order valence-corrected chi connectivity index (χ0v) is 67.6. The lowest BCUT2D eigenvalue weighted by atomic mass is 10.00. The molecule has 594 valence electrons. The van der Waals surface area contributed by atoms with E-state index in [0.717, 1.165) is 120 Å². The maximum absolute atomic E-state index is 13.1. The molecule has 0 spiro atoms. The van der Waals surface area contributed by atoms with Crippen LogP contribution in [0.5, 0.6) is 0 Å². The van der Waals surface area contributed by atoms with Gasteiger partial charge in [0.25, 0.3) is 0 Å². The van der Waals surface area contributed by atoms with Crippen LogP contribution in [-0.2, 0) is 65.4 Å². The smallest absolute Gasteiger partial charge is 0.462 e. The Balaban J connectivity index is 5.23. The van der Waals surface area contributed by atoms with E-state index in [1.165, 1.54) is 212 Å². The van der Waals surface area contributed by atoms with Crippen LogP contribution >= 0.6 is 15.6 Å². The maximum atomic E-state index is 13.1. The molecule has 3 unspecified atom stereocenters. The molecule has 0 aromatic carbocycles. The lowest BCUT2D eigenvalue weighted by molar-refractivity contribution is -0.161. The standard InChI is InChI=1S/C81H158O17P2/c1-9-74(8)60-52-44-39-40-46-54-62-79(84)92-68-77(98-80(85)63-55-47-37-31-25-19-13-11-10-12-16-21-27-33-41-49-57-71(2)3)70-96-100(89,90)94-66-75(82)65-93-99(87,88)95-69-76(97-81(86)64-56-48-38-32-26-20-23-29-35-43-51-59-73(6)7)67-91-78(83)61-53-45-36-30-24-18-15-14-17-22-28-34-42-50-58-72(4)5/h71-77,82H,9-70H2,1-8H3,(H,87,88)(H,89,90)/t74?,75-,76-,77-/m1/s1. The summed E-state index contributed by atoms with van der Waals surface area (Å²) in [7, 11) is -9.92. The maximum Gasteiger partial charge on any atom is 0.472 e. The first kappa shape index (κ1) is 98.1. The van der Waals surface area contributed by atoms with Crippen LogP contribution in [0.3, 0.4) is 0 Å². The number of aliphatic hydroxyl groups excluding tert-OH is 1. The van der Waals surface area contributed by atoms with Gasteiger partial charge in [0.2, 0.25) is 0 Å². The number of hydrogen-bond acceptors (Lipinski definition) is 15. The zero-order chi connectivity index (χ0) is 73.8. The summed E-state index contributed by atoms with van der Waals surface area (Å²) in [5.74, 6) is 0.990. The molecule has 19 heteroatoms. The van der Waals surface area contributed by atoms with Crippen LogP contribution in [-0.4, -0.2) is 96.7 Å². The van der Waals surface area contributed by atoms with Gasteiger partial charge in [-0.2, -0.15) is 0 Å². The SMILES string of the molecule is CCC(C)CCCCCCCCC(=O)OC[C@H](COP(=O)(O)OC[C@H](O)COP(=O)(O)OC[C@@H](COC(=O)CCCCCCCCCCCCCCCCC(C)C)OC(=O)CCCCCCCCCCCCCC(C)C)OC(=O)CCCCCCCCCCCCCCCCCCC(C)C. The predicted molar refractivity (Wildman–Crippen MR) is 409 cm³/mol. The Morgan fingerprint density at radius 1 is 0.280 bits per heavy atom. The number of carbonyl (C=O) groups is 4. The van der Waals surface area contributed by atoms with E-state index in [1.807, 2.05) is 0 Å². The second-order valence-electron chi connectivity index (χ2n) is 30.8. The second kappa shape index (κ2) is 70.1. The van der Waals surface area contributed by atoms with Crippen LogP contribution < -0.4 is 0 Å². The molecular formula is C81H158O17P2. The fourth-order valence-corrected chi connectivity index (χ4v) is 14.0. The Kier molecular flexibility index (Phi) is 68.7. The summed E-state index contributed by atoms with van der Waals surface area (Å²) in [6, 6.07) is 0. The highest BCUT2D eigenvalue weighted by atomic mass is 31.2. The molecule has 3 N–H and O–H groups in total. The molecule has 0 rings (SSSR count). The molecule has 17 nitrogen and oxygen atoms in total. The molecule has 100 heavy (non-hydrogen) atoms. The average molecular weight is 1470 g/mol. The van der Waals surface area contributed by atoms with Crippen LogP contribution in [0.2, 0.25) is 0 Å².